The second kappa shape index (κ2) is 7.38. The average molecular weight is 373 g/mol. The van der Waals surface area contributed by atoms with Crippen LogP contribution in [-0.4, -0.2) is 24.5 Å². The highest BCUT2D eigenvalue weighted by Crippen LogP contribution is 2.33. The van der Waals surface area contributed by atoms with Gasteiger partial charge in [-0.3, -0.25) is 9.59 Å². The van der Waals surface area contributed by atoms with E-state index in [1.807, 2.05) is 32.0 Å². The zero-order valence-corrected chi connectivity index (χ0v) is 15.7. The summed E-state index contributed by atoms with van der Waals surface area (Å²) in [6.45, 7) is 5.86. The summed E-state index contributed by atoms with van der Waals surface area (Å²) in [6, 6.07) is 12.3. The van der Waals surface area contributed by atoms with E-state index in [1.54, 1.807) is 36.1 Å². The lowest BCUT2D eigenvalue weighted by Crippen LogP contribution is -2.36. The summed E-state index contributed by atoms with van der Waals surface area (Å²) < 4.78 is 5.79. The maximum Gasteiger partial charge on any atom is 0.262 e. The number of anilines is 2. The first kappa shape index (κ1) is 18.3. The van der Waals surface area contributed by atoms with Crippen molar-refractivity contribution in [2.75, 3.05) is 16.8 Å². The largest absolute Gasteiger partial charge is 0.490 e. The lowest BCUT2D eigenvalue weighted by molar-refractivity contribution is -0.119. The minimum Gasteiger partial charge on any atom is -0.490 e. The van der Waals surface area contributed by atoms with E-state index in [9.17, 15) is 9.59 Å². The Labute approximate surface area is 157 Å². The fourth-order valence-corrected chi connectivity index (χ4v) is 3.06. The molecule has 6 heteroatoms. The Bertz CT molecular complexity index is 851. The van der Waals surface area contributed by atoms with Gasteiger partial charge >= 0.3 is 0 Å². The Kier molecular flexibility index (Phi) is 5.18. The normalized spacial score (nSPS) is 16.7. The SMILES string of the molecule is CC(C)Oc1ccc(Cl)cc1C(=O)N1CC(C)C(=O)Nc2ccccc21. The van der Waals surface area contributed by atoms with Gasteiger partial charge in [-0.15, -0.1) is 0 Å². The number of nitrogens with zero attached hydrogens (tertiary/aromatic N) is 1. The number of fused-ring (bicyclic) bond motifs is 1. The smallest absolute Gasteiger partial charge is 0.262 e. The second-order valence-electron chi connectivity index (χ2n) is 6.63. The van der Waals surface area contributed by atoms with Crippen LogP contribution in [0.3, 0.4) is 0 Å². The van der Waals surface area contributed by atoms with Gasteiger partial charge in [0.05, 0.1) is 29.0 Å². The molecule has 0 bridgehead atoms. The summed E-state index contributed by atoms with van der Waals surface area (Å²) in [6.07, 6.45) is -0.0821. The van der Waals surface area contributed by atoms with E-state index in [1.165, 1.54) is 0 Å². The molecular formula is C20H21ClN2O3. The topological polar surface area (TPSA) is 58.6 Å². The van der Waals surface area contributed by atoms with Crippen LogP contribution in [0.4, 0.5) is 11.4 Å². The van der Waals surface area contributed by atoms with Gasteiger partial charge < -0.3 is 15.0 Å². The molecule has 0 aliphatic carbocycles. The number of halogens is 1. The molecule has 136 valence electrons. The number of carbonyl (C=O) groups is 2. The Morgan fingerprint density at radius 2 is 2.00 bits per heavy atom. The van der Waals surface area contributed by atoms with Gasteiger partial charge in [0.25, 0.3) is 5.91 Å². The monoisotopic (exact) mass is 372 g/mol. The minimum absolute atomic E-state index is 0.0821. The quantitative estimate of drug-likeness (QED) is 0.870. The molecule has 0 saturated carbocycles. The van der Waals surface area contributed by atoms with Crippen LogP contribution < -0.4 is 15.0 Å². The molecule has 1 N–H and O–H groups in total. The van der Waals surface area contributed by atoms with Gasteiger partial charge in [-0.05, 0) is 44.2 Å². The predicted octanol–water partition coefficient (Wildman–Crippen LogP) is 4.36. The number of hydrogen-bond acceptors (Lipinski definition) is 3. The fraction of sp³-hybridized carbons (Fsp3) is 0.300. The van der Waals surface area contributed by atoms with Crippen LogP contribution in [-0.2, 0) is 4.79 Å². The molecule has 1 aliphatic rings. The number of benzene rings is 2. The lowest BCUT2D eigenvalue weighted by atomic mass is 10.1. The van der Waals surface area contributed by atoms with Gasteiger partial charge in [-0.25, -0.2) is 0 Å². The molecule has 0 saturated heterocycles. The number of amides is 2. The average Bonchev–Trinajstić information content (AvgIpc) is 2.72. The molecule has 26 heavy (non-hydrogen) atoms. The molecule has 3 rings (SSSR count). The molecule has 0 spiro atoms. The molecule has 0 aromatic heterocycles. The molecule has 0 radical (unpaired) electrons. The van der Waals surface area contributed by atoms with Crippen molar-refractivity contribution in [2.24, 2.45) is 5.92 Å². The Morgan fingerprint density at radius 1 is 1.27 bits per heavy atom. The third-order valence-electron chi connectivity index (χ3n) is 4.14. The highest BCUT2D eigenvalue weighted by Gasteiger charge is 2.30. The van der Waals surface area contributed by atoms with Crippen molar-refractivity contribution in [3.05, 3.63) is 53.1 Å². The number of carbonyl (C=O) groups excluding carboxylic acids is 2. The summed E-state index contributed by atoms with van der Waals surface area (Å²) >= 11 is 6.13. The number of para-hydroxylation sites is 2. The van der Waals surface area contributed by atoms with E-state index < -0.39 is 0 Å². The molecule has 2 aromatic carbocycles. The third kappa shape index (κ3) is 3.68. The molecule has 1 unspecified atom stereocenters. The van der Waals surface area contributed by atoms with Crippen molar-refractivity contribution in [3.8, 4) is 5.75 Å². The van der Waals surface area contributed by atoms with Crippen molar-refractivity contribution < 1.29 is 14.3 Å². The Balaban J connectivity index is 2.07. The van der Waals surface area contributed by atoms with Crippen molar-refractivity contribution in [1.82, 2.24) is 0 Å². The van der Waals surface area contributed by atoms with Gasteiger partial charge in [-0.1, -0.05) is 30.7 Å². The van der Waals surface area contributed by atoms with Gasteiger partial charge in [0.1, 0.15) is 5.75 Å². The van der Waals surface area contributed by atoms with E-state index >= 15 is 0 Å². The Morgan fingerprint density at radius 3 is 2.73 bits per heavy atom. The van der Waals surface area contributed by atoms with Crippen molar-refractivity contribution in [2.45, 2.75) is 26.9 Å². The van der Waals surface area contributed by atoms with E-state index in [4.69, 9.17) is 16.3 Å². The van der Waals surface area contributed by atoms with E-state index in [0.717, 1.165) is 0 Å². The van der Waals surface area contributed by atoms with Crippen LogP contribution in [0.2, 0.25) is 5.02 Å². The zero-order valence-electron chi connectivity index (χ0n) is 15.0. The fourth-order valence-electron chi connectivity index (χ4n) is 2.89. The van der Waals surface area contributed by atoms with E-state index in [2.05, 4.69) is 5.32 Å². The number of rotatable bonds is 3. The highest BCUT2D eigenvalue weighted by atomic mass is 35.5. The van der Waals surface area contributed by atoms with E-state index in [-0.39, 0.29) is 30.4 Å². The van der Waals surface area contributed by atoms with Crippen LogP contribution in [0.1, 0.15) is 31.1 Å². The number of nitrogens with one attached hydrogen (secondary N) is 1. The second-order valence-corrected chi connectivity index (χ2v) is 7.07. The predicted molar refractivity (Wildman–Crippen MR) is 103 cm³/mol. The standard InChI is InChI=1S/C20H21ClN2O3/c1-12(2)26-18-9-8-14(21)10-15(18)20(25)23-11-13(3)19(24)22-16-6-4-5-7-17(16)23/h4-10,12-13H,11H2,1-3H3,(H,22,24). The number of ether oxygens (including phenoxy) is 1. The van der Waals surface area contributed by atoms with Crippen LogP contribution in [0.25, 0.3) is 0 Å². The summed E-state index contributed by atoms with van der Waals surface area (Å²) in [5.41, 5.74) is 1.65. The minimum atomic E-state index is -0.347. The summed E-state index contributed by atoms with van der Waals surface area (Å²) in [5, 5.41) is 3.33. The van der Waals surface area contributed by atoms with Crippen LogP contribution in [0.15, 0.2) is 42.5 Å². The van der Waals surface area contributed by atoms with Crippen molar-refractivity contribution >= 4 is 34.8 Å². The molecule has 1 atom stereocenters. The lowest BCUT2D eigenvalue weighted by Gasteiger charge is -2.25. The molecule has 2 amide bonds. The summed E-state index contributed by atoms with van der Waals surface area (Å²) in [4.78, 5) is 27.2. The van der Waals surface area contributed by atoms with Crippen LogP contribution in [0.5, 0.6) is 5.75 Å². The summed E-state index contributed by atoms with van der Waals surface area (Å²) in [5.74, 6) is -0.237. The van der Waals surface area contributed by atoms with E-state index in [0.29, 0.717) is 27.7 Å². The van der Waals surface area contributed by atoms with Crippen molar-refractivity contribution in [1.29, 1.82) is 0 Å². The zero-order chi connectivity index (χ0) is 18.8. The third-order valence-corrected chi connectivity index (χ3v) is 4.37. The molecular weight excluding hydrogens is 352 g/mol. The summed E-state index contributed by atoms with van der Waals surface area (Å²) in [7, 11) is 0. The Hall–Kier alpha value is -2.53. The van der Waals surface area contributed by atoms with Gasteiger partial charge in [0.15, 0.2) is 0 Å². The van der Waals surface area contributed by atoms with Gasteiger partial charge in [0.2, 0.25) is 5.91 Å². The maximum absolute atomic E-state index is 13.4. The van der Waals surface area contributed by atoms with Gasteiger partial charge in [-0.2, -0.15) is 0 Å². The first-order valence-corrected chi connectivity index (χ1v) is 8.92. The molecule has 1 heterocycles. The molecule has 5 nitrogen and oxygen atoms in total. The first-order chi connectivity index (χ1) is 12.4. The van der Waals surface area contributed by atoms with Crippen LogP contribution in [0, 0.1) is 5.92 Å². The maximum atomic E-state index is 13.4. The highest BCUT2D eigenvalue weighted by molar-refractivity contribution is 6.31. The number of hydrogen-bond donors (Lipinski definition) is 1. The molecule has 2 aromatic rings. The van der Waals surface area contributed by atoms with Gasteiger partial charge in [0, 0.05) is 11.6 Å². The molecule has 0 fully saturated rings. The van der Waals surface area contributed by atoms with Crippen molar-refractivity contribution in [3.63, 3.8) is 0 Å². The first-order valence-electron chi connectivity index (χ1n) is 8.54. The van der Waals surface area contributed by atoms with Crippen LogP contribution >= 0.6 is 11.6 Å². The molecule has 1 aliphatic heterocycles.